The zero-order valence-electron chi connectivity index (χ0n) is 12.9. The van der Waals surface area contributed by atoms with Crippen LogP contribution in [0.15, 0.2) is 34.7 Å². The Labute approximate surface area is 132 Å². The quantitative estimate of drug-likeness (QED) is 0.782. The third kappa shape index (κ3) is 2.82. The highest BCUT2D eigenvalue weighted by atomic mass is 32.1. The second-order valence-corrected chi connectivity index (χ2v) is 6.31. The molecule has 0 amide bonds. The van der Waals surface area contributed by atoms with Gasteiger partial charge in [0.2, 0.25) is 0 Å². The Morgan fingerprint density at radius 1 is 1.41 bits per heavy atom. The van der Waals surface area contributed by atoms with Crippen molar-refractivity contribution in [2.75, 3.05) is 0 Å². The van der Waals surface area contributed by atoms with Crippen LogP contribution in [-0.2, 0) is 6.54 Å². The average Bonchev–Trinajstić information content (AvgIpc) is 3.14. The van der Waals surface area contributed by atoms with Gasteiger partial charge in [0.05, 0.1) is 11.7 Å². The molecule has 3 aromatic rings. The summed E-state index contributed by atoms with van der Waals surface area (Å²) >= 11 is 1.49. The minimum absolute atomic E-state index is 0.0201. The molecule has 7 heteroatoms. The lowest BCUT2D eigenvalue weighted by Crippen LogP contribution is -2.34. The maximum atomic E-state index is 12.1. The van der Waals surface area contributed by atoms with E-state index >= 15 is 0 Å². The molecule has 0 unspecified atom stereocenters. The highest BCUT2D eigenvalue weighted by molar-refractivity contribution is 7.15. The third-order valence-corrected chi connectivity index (χ3v) is 4.84. The minimum atomic E-state index is -0.0201. The highest BCUT2D eigenvalue weighted by Crippen LogP contribution is 2.12. The lowest BCUT2D eigenvalue weighted by molar-refractivity contribution is 0.364. The van der Waals surface area contributed by atoms with Crippen molar-refractivity contribution in [3.8, 4) is 0 Å². The average molecular weight is 317 g/mol. The maximum absolute atomic E-state index is 12.1. The SMILES string of the molecule is Cc1csc2nc(CN[C@H](C)[C@H](C)n3cccn3)cc(=O)n12. The Bertz CT molecular complexity index is 820. The van der Waals surface area contributed by atoms with Crippen LogP contribution in [0.2, 0.25) is 0 Å². The Balaban J connectivity index is 1.72. The van der Waals surface area contributed by atoms with E-state index in [1.807, 2.05) is 29.2 Å². The molecule has 6 nitrogen and oxygen atoms in total. The van der Waals surface area contributed by atoms with Crippen molar-refractivity contribution in [1.82, 2.24) is 24.5 Å². The van der Waals surface area contributed by atoms with E-state index < -0.39 is 0 Å². The molecule has 116 valence electrons. The molecule has 0 aliphatic carbocycles. The topological polar surface area (TPSA) is 64.2 Å². The monoisotopic (exact) mass is 317 g/mol. The van der Waals surface area contributed by atoms with E-state index in [1.54, 1.807) is 16.7 Å². The van der Waals surface area contributed by atoms with Crippen LogP contribution in [-0.4, -0.2) is 25.2 Å². The van der Waals surface area contributed by atoms with Crippen LogP contribution in [0.1, 0.15) is 31.3 Å². The first-order chi connectivity index (χ1) is 10.6. The standard InChI is InChI=1S/C15H19N5OS/c1-10-9-22-15-18-13(7-14(21)20(10)15)8-16-11(2)12(3)19-6-4-5-17-19/h4-7,9,11-12,16H,8H2,1-3H3/t11-,12+/m1/s1. The predicted molar refractivity (Wildman–Crippen MR) is 87.3 cm³/mol. The van der Waals surface area contributed by atoms with Crippen molar-refractivity contribution in [3.63, 3.8) is 0 Å². The van der Waals surface area contributed by atoms with Gasteiger partial charge < -0.3 is 5.32 Å². The molecule has 0 aromatic carbocycles. The molecule has 3 rings (SSSR count). The summed E-state index contributed by atoms with van der Waals surface area (Å²) in [7, 11) is 0. The van der Waals surface area contributed by atoms with E-state index in [4.69, 9.17) is 0 Å². The number of aryl methyl sites for hydroxylation is 1. The fourth-order valence-electron chi connectivity index (χ4n) is 2.38. The van der Waals surface area contributed by atoms with Gasteiger partial charge in [-0.3, -0.25) is 13.9 Å². The summed E-state index contributed by atoms with van der Waals surface area (Å²) in [6, 6.07) is 3.96. The smallest absolute Gasteiger partial charge is 0.259 e. The largest absolute Gasteiger partial charge is 0.307 e. The second-order valence-electron chi connectivity index (χ2n) is 5.48. The molecule has 0 spiro atoms. The summed E-state index contributed by atoms with van der Waals surface area (Å²) in [6.07, 6.45) is 3.73. The van der Waals surface area contributed by atoms with Crippen molar-refractivity contribution in [1.29, 1.82) is 0 Å². The summed E-state index contributed by atoms with van der Waals surface area (Å²) in [6.45, 7) is 6.69. The van der Waals surface area contributed by atoms with Gasteiger partial charge in [-0.25, -0.2) is 4.98 Å². The van der Waals surface area contributed by atoms with Crippen LogP contribution in [0.4, 0.5) is 0 Å². The van der Waals surface area contributed by atoms with Crippen molar-refractivity contribution in [2.24, 2.45) is 0 Å². The Morgan fingerprint density at radius 3 is 2.95 bits per heavy atom. The molecule has 0 saturated heterocycles. The van der Waals surface area contributed by atoms with Gasteiger partial charge in [0.25, 0.3) is 5.56 Å². The fourth-order valence-corrected chi connectivity index (χ4v) is 3.27. The summed E-state index contributed by atoms with van der Waals surface area (Å²) in [5.41, 5.74) is 1.68. The Kier molecular flexibility index (Phi) is 4.08. The van der Waals surface area contributed by atoms with Gasteiger partial charge in [0, 0.05) is 42.1 Å². The maximum Gasteiger partial charge on any atom is 0.259 e. The first-order valence-corrected chi connectivity index (χ1v) is 8.13. The summed E-state index contributed by atoms with van der Waals surface area (Å²) in [4.78, 5) is 17.4. The molecular formula is C15H19N5OS. The number of hydrogen-bond donors (Lipinski definition) is 1. The van der Waals surface area contributed by atoms with Crippen molar-refractivity contribution < 1.29 is 0 Å². The van der Waals surface area contributed by atoms with Gasteiger partial charge in [-0.05, 0) is 26.8 Å². The van der Waals surface area contributed by atoms with Crippen LogP contribution in [0, 0.1) is 6.92 Å². The highest BCUT2D eigenvalue weighted by Gasteiger charge is 2.14. The molecule has 22 heavy (non-hydrogen) atoms. The van der Waals surface area contributed by atoms with E-state index in [0.29, 0.717) is 6.54 Å². The normalized spacial score (nSPS) is 14.3. The van der Waals surface area contributed by atoms with E-state index in [9.17, 15) is 4.79 Å². The van der Waals surface area contributed by atoms with Crippen LogP contribution >= 0.6 is 11.3 Å². The van der Waals surface area contributed by atoms with Gasteiger partial charge in [0.1, 0.15) is 0 Å². The van der Waals surface area contributed by atoms with E-state index in [1.165, 1.54) is 11.3 Å². The number of nitrogens with one attached hydrogen (secondary N) is 1. The molecule has 1 N–H and O–H groups in total. The zero-order chi connectivity index (χ0) is 15.7. The number of aromatic nitrogens is 4. The zero-order valence-corrected chi connectivity index (χ0v) is 13.7. The van der Waals surface area contributed by atoms with Crippen LogP contribution in [0.3, 0.4) is 0 Å². The molecule has 0 bridgehead atoms. The molecule has 0 saturated carbocycles. The number of rotatable bonds is 5. The van der Waals surface area contributed by atoms with Crippen molar-refractivity contribution in [3.05, 3.63) is 51.6 Å². The Morgan fingerprint density at radius 2 is 2.23 bits per heavy atom. The molecule has 0 aliphatic rings. The van der Waals surface area contributed by atoms with Crippen molar-refractivity contribution in [2.45, 2.75) is 39.4 Å². The fraction of sp³-hybridized carbons (Fsp3) is 0.400. The minimum Gasteiger partial charge on any atom is -0.307 e. The number of fused-ring (bicyclic) bond motifs is 1. The van der Waals surface area contributed by atoms with Crippen LogP contribution in [0.5, 0.6) is 0 Å². The first kappa shape index (κ1) is 14.9. The van der Waals surface area contributed by atoms with Crippen LogP contribution < -0.4 is 10.9 Å². The van der Waals surface area contributed by atoms with Gasteiger partial charge in [-0.2, -0.15) is 5.10 Å². The lowest BCUT2D eigenvalue weighted by atomic mass is 10.1. The van der Waals surface area contributed by atoms with Gasteiger partial charge in [-0.1, -0.05) is 0 Å². The van der Waals surface area contributed by atoms with E-state index in [0.717, 1.165) is 16.3 Å². The lowest BCUT2D eigenvalue weighted by Gasteiger charge is -2.21. The number of hydrogen-bond acceptors (Lipinski definition) is 5. The summed E-state index contributed by atoms with van der Waals surface area (Å²) in [5.74, 6) is 0. The van der Waals surface area contributed by atoms with Gasteiger partial charge in [-0.15, -0.1) is 11.3 Å². The van der Waals surface area contributed by atoms with E-state index in [2.05, 4.69) is 29.2 Å². The van der Waals surface area contributed by atoms with Crippen molar-refractivity contribution >= 4 is 16.3 Å². The summed E-state index contributed by atoms with van der Waals surface area (Å²) < 4.78 is 3.57. The molecule has 0 fully saturated rings. The molecule has 3 aromatic heterocycles. The van der Waals surface area contributed by atoms with Gasteiger partial charge >= 0.3 is 0 Å². The number of thiazole rings is 1. The van der Waals surface area contributed by atoms with Crippen LogP contribution in [0.25, 0.3) is 4.96 Å². The molecule has 0 radical (unpaired) electrons. The van der Waals surface area contributed by atoms with Gasteiger partial charge in [0.15, 0.2) is 4.96 Å². The predicted octanol–water partition coefficient (Wildman–Crippen LogP) is 2.00. The molecular weight excluding hydrogens is 298 g/mol. The number of nitrogens with zero attached hydrogens (tertiary/aromatic N) is 4. The Hall–Kier alpha value is -1.99. The third-order valence-electron chi connectivity index (χ3n) is 3.90. The molecule has 3 heterocycles. The van der Waals surface area contributed by atoms with E-state index in [-0.39, 0.29) is 17.6 Å². The second kappa shape index (κ2) is 6.02. The summed E-state index contributed by atoms with van der Waals surface area (Å²) in [5, 5.41) is 9.63. The molecule has 2 atom stereocenters. The first-order valence-electron chi connectivity index (χ1n) is 7.25. The molecule has 0 aliphatic heterocycles.